The lowest BCUT2D eigenvalue weighted by Gasteiger charge is -2.45. The van der Waals surface area contributed by atoms with Crippen molar-refractivity contribution in [3.05, 3.63) is 229 Å². The quantitative estimate of drug-likeness (QED) is 0.163. The third kappa shape index (κ3) is 5.20. The zero-order valence-corrected chi connectivity index (χ0v) is 33.4. The predicted molar refractivity (Wildman–Crippen MR) is 245 cm³/mol. The Morgan fingerprint density at radius 1 is 0.508 bits per heavy atom. The molecule has 0 radical (unpaired) electrons. The van der Waals surface area contributed by atoms with E-state index in [1.165, 1.54) is 54.3 Å². The van der Waals surface area contributed by atoms with E-state index in [2.05, 4.69) is 211 Å². The highest BCUT2D eigenvalue weighted by Crippen LogP contribution is 2.45. The maximum absolute atomic E-state index is 6.73. The van der Waals surface area contributed by atoms with Crippen molar-refractivity contribution < 1.29 is 9.15 Å². The van der Waals surface area contributed by atoms with E-state index in [0.717, 1.165) is 57.7 Å². The van der Waals surface area contributed by atoms with Crippen LogP contribution in [0.1, 0.15) is 29.0 Å². The third-order valence-electron chi connectivity index (χ3n) is 12.8. The minimum atomic E-state index is -2.86. The molecule has 2 aliphatic heterocycles. The fourth-order valence-electron chi connectivity index (χ4n) is 10.2. The van der Waals surface area contributed by atoms with Gasteiger partial charge in [-0.05, 0) is 104 Å². The number of nitrogens with zero attached hydrogens (tertiary/aromatic N) is 1. The molecule has 0 amide bonds. The number of anilines is 2. The van der Waals surface area contributed by atoms with Crippen LogP contribution in [-0.2, 0) is 6.42 Å². The zero-order valence-electron chi connectivity index (χ0n) is 32.4. The fraction of sp³-hybridized carbons (Fsp3) is 0.0545. The lowest BCUT2D eigenvalue weighted by molar-refractivity contribution is 0.487. The average molecular weight is 774 g/mol. The lowest BCUT2D eigenvalue weighted by Crippen LogP contribution is -2.78. The minimum Gasteiger partial charge on any atom is -0.458 e. The van der Waals surface area contributed by atoms with Crippen molar-refractivity contribution in [3.8, 4) is 22.6 Å². The van der Waals surface area contributed by atoms with Crippen LogP contribution in [0.3, 0.4) is 0 Å². The largest absolute Gasteiger partial charge is 0.458 e. The Balaban J connectivity index is 1.07. The molecule has 3 heterocycles. The molecule has 1 atom stereocenters. The first-order chi connectivity index (χ1) is 29.3. The van der Waals surface area contributed by atoms with Crippen molar-refractivity contribution in [2.45, 2.75) is 18.8 Å². The van der Waals surface area contributed by atoms with Gasteiger partial charge in [-0.3, -0.25) is 0 Å². The summed E-state index contributed by atoms with van der Waals surface area (Å²) >= 11 is 0. The van der Waals surface area contributed by atoms with E-state index in [9.17, 15) is 0 Å². The molecule has 0 bridgehead atoms. The number of allylic oxidation sites excluding steroid dienone is 3. The molecule has 8 aromatic carbocycles. The molecule has 4 heteroatoms. The first-order valence-electron chi connectivity index (χ1n) is 20.6. The molecule has 1 aliphatic carbocycles. The van der Waals surface area contributed by atoms with Gasteiger partial charge in [-0.25, -0.2) is 0 Å². The second-order valence-electron chi connectivity index (χ2n) is 15.9. The van der Waals surface area contributed by atoms with E-state index >= 15 is 0 Å². The second kappa shape index (κ2) is 13.5. The smallest absolute Gasteiger partial charge is 0.188 e. The summed E-state index contributed by atoms with van der Waals surface area (Å²) in [5.41, 5.74) is 11.8. The number of ether oxygens (including phenoxy) is 1. The number of fused-ring (bicyclic) bond motifs is 11. The monoisotopic (exact) mass is 773 g/mol. The van der Waals surface area contributed by atoms with Gasteiger partial charge >= 0.3 is 0 Å². The van der Waals surface area contributed by atoms with Gasteiger partial charge in [0.15, 0.2) is 8.07 Å². The first-order valence-corrected chi connectivity index (χ1v) is 22.6. The Kier molecular flexibility index (Phi) is 7.75. The van der Waals surface area contributed by atoms with Gasteiger partial charge in [0.2, 0.25) is 0 Å². The Hall–Kier alpha value is -7.14. The highest BCUT2D eigenvalue weighted by atomic mass is 28.3. The Bertz CT molecular complexity index is 3090. The summed E-state index contributed by atoms with van der Waals surface area (Å²) in [6, 6.07) is 68.5. The molecule has 0 N–H and O–H groups in total. The van der Waals surface area contributed by atoms with Crippen LogP contribution in [0.15, 0.2) is 216 Å². The van der Waals surface area contributed by atoms with E-state index in [1.54, 1.807) is 0 Å². The standard InChI is InChI=1S/C55H39NO2Si/c1-2-14-37(15-3-1)38-28-30-39(31-29-38)40-32-34-42(35-33-40)56(46-19-12-23-50-55(46)43-17-5-6-20-47(43)57-50)45-18-13-27-52-44(45)36-41-16-4-9-24-51(41)59(52)53-25-10-7-21-48(53)58-49-22-8-11-26-54(49)59/h1-32,34-35,40H,33,36H2. The van der Waals surface area contributed by atoms with E-state index in [-0.39, 0.29) is 5.92 Å². The summed E-state index contributed by atoms with van der Waals surface area (Å²) in [6.45, 7) is 0. The normalized spacial score (nSPS) is 15.8. The van der Waals surface area contributed by atoms with E-state index < -0.39 is 8.07 Å². The van der Waals surface area contributed by atoms with Crippen molar-refractivity contribution in [3.63, 3.8) is 0 Å². The van der Waals surface area contributed by atoms with Gasteiger partial charge < -0.3 is 14.1 Å². The molecule has 0 fully saturated rings. The number of rotatable bonds is 5. The predicted octanol–water partition coefficient (Wildman–Crippen LogP) is 11.4. The van der Waals surface area contributed by atoms with Crippen molar-refractivity contribution >= 4 is 62.1 Å². The van der Waals surface area contributed by atoms with Crippen molar-refractivity contribution in [2.75, 3.05) is 4.90 Å². The Morgan fingerprint density at radius 2 is 1.14 bits per heavy atom. The van der Waals surface area contributed by atoms with Crippen molar-refractivity contribution in [1.29, 1.82) is 0 Å². The van der Waals surface area contributed by atoms with E-state index in [1.807, 2.05) is 0 Å². The maximum Gasteiger partial charge on any atom is 0.188 e. The molecule has 12 rings (SSSR count). The van der Waals surface area contributed by atoms with Crippen molar-refractivity contribution in [1.82, 2.24) is 0 Å². The molecule has 59 heavy (non-hydrogen) atoms. The van der Waals surface area contributed by atoms with Crippen LogP contribution < -0.4 is 30.4 Å². The molecule has 3 nitrogen and oxygen atoms in total. The van der Waals surface area contributed by atoms with Gasteiger partial charge in [0.1, 0.15) is 22.7 Å². The average Bonchev–Trinajstić information content (AvgIpc) is 3.69. The number of furan rings is 1. The van der Waals surface area contributed by atoms with Crippen LogP contribution in [0.4, 0.5) is 11.4 Å². The van der Waals surface area contributed by atoms with Gasteiger partial charge in [0.25, 0.3) is 0 Å². The second-order valence-corrected chi connectivity index (χ2v) is 19.5. The highest BCUT2D eigenvalue weighted by Gasteiger charge is 2.52. The van der Waals surface area contributed by atoms with Crippen LogP contribution in [0.25, 0.3) is 33.1 Å². The lowest BCUT2D eigenvalue weighted by atomic mass is 9.90. The maximum atomic E-state index is 6.73. The minimum absolute atomic E-state index is 0.276. The molecular weight excluding hydrogens is 735 g/mol. The summed E-state index contributed by atoms with van der Waals surface area (Å²) in [7, 11) is -2.86. The van der Waals surface area contributed by atoms with Crippen LogP contribution in [0.2, 0.25) is 0 Å². The van der Waals surface area contributed by atoms with Gasteiger partial charge in [0.05, 0.1) is 11.1 Å². The topological polar surface area (TPSA) is 25.6 Å². The van der Waals surface area contributed by atoms with Gasteiger partial charge in [-0.15, -0.1) is 0 Å². The van der Waals surface area contributed by atoms with Crippen LogP contribution >= 0.6 is 0 Å². The Labute approximate surface area is 344 Å². The fourth-order valence-corrected chi connectivity index (χ4v) is 15.7. The molecule has 1 unspecified atom stereocenters. The molecule has 0 saturated heterocycles. The first kappa shape index (κ1) is 33.9. The van der Waals surface area contributed by atoms with Gasteiger partial charge in [-0.1, -0.05) is 164 Å². The summed E-state index contributed by atoms with van der Waals surface area (Å²) in [4.78, 5) is 2.53. The van der Waals surface area contributed by atoms with Gasteiger partial charge in [-0.2, -0.15) is 0 Å². The van der Waals surface area contributed by atoms with Crippen LogP contribution in [-0.4, -0.2) is 8.07 Å². The molecule has 1 spiro atoms. The molecule has 1 aromatic heterocycles. The summed E-state index contributed by atoms with van der Waals surface area (Å²) < 4.78 is 13.3. The molecule has 280 valence electrons. The van der Waals surface area contributed by atoms with Crippen LogP contribution in [0, 0.1) is 0 Å². The zero-order chi connectivity index (χ0) is 38.9. The van der Waals surface area contributed by atoms with Crippen LogP contribution in [0.5, 0.6) is 11.5 Å². The number of hydrogen-bond donors (Lipinski definition) is 0. The molecule has 9 aromatic rings. The highest BCUT2D eigenvalue weighted by molar-refractivity contribution is 7.21. The summed E-state index contributed by atoms with van der Waals surface area (Å²) in [6.07, 6.45) is 8.92. The molecule has 3 aliphatic rings. The summed E-state index contributed by atoms with van der Waals surface area (Å²) in [5.74, 6) is 2.19. The number of para-hydroxylation sites is 3. The van der Waals surface area contributed by atoms with E-state index in [4.69, 9.17) is 9.15 Å². The number of hydrogen-bond acceptors (Lipinski definition) is 3. The van der Waals surface area contributed by atoms with Crippen molar-refractivity contribution in [2.24, 2.45) is 0 Å². The third-order valence-corrected chi connectivity index (χ3v) is 17.8. The molecule has 0 saturated carbocycles. The van der Waals surface area contributed by atoms with E-state index in [0.29, 0.717) is 0 Å². The van der Waals surface area contributed by atoms with Gasteiger partial charge in [0, 0.05) is 22.7 Å². The SMILES string of the molecule is C1=CC(c2ccc(-c3ccccc3)cc2)CC=C1N(c1cccc2c1Cc1ccccc1[Si]21c2ccccc2Oc2ccccc21)c1cccc2oc3ccccc3c12. The summed E-state index contributed by atoms with van der Waals surface area (Å²) in [5, 5.41) is 7.71. The molecular formula is C55H39NO2Si. The Morgan fingerprint density at radius 3 is 1.92 bits per heavy atom. The number of benzene rings is 8.